The lowest BCUT2D eigenvalue weighted by molar-refractivity contribution is -0.123. The van der Waals surface area contributed by atoms with Crippen molar-refractivity contribution in [2.45, 2.75) is 18.4 Å². The lowest BCUT2D eigenvalue weighted by Gasteiger charge is -2.22. The summed E-state index contributed by atoms with van der Waals surface area (Å²) in [4.78, 5) is 38.5. The molecule has 4 N–H and O–H groups in total. The lowest BCUT2D eigenvalue weighted by Crippen LogP contribution is -2.40. The second-order valence-electron chi connectivity index (χ2n) is 7.83. The van der Waals surface area contributed by atoms with Crippen LogP contribution in [0, 0.1) is 5.92 Å². The largest absolute Gasteiger partial charge is 0.338 e. The zero-order chi connectivity index (χ0) is 20.6. The van der Waals surface area contributed by atoms with Gasteiger partial charge in [-0.15, -0.1) is 12.4 Å². The van der Waals surface area contributed by atoms with Crippen LogP contribution in [0.15, 0.2) is 54.6 Å². The molecule has 2 aliphatic heterocycles. The van der Waals surface area contributed by atoms with Crippen LogP contribution in [-0.2, 0) is 10.3 Å². The van der Waals surface area contributed by atoms with Gasteiger partial charge in [-0.1, -0.05) is 42.5 Å². The van der Waals surface area contributed by atoms with Gasteiger partial charge in [0.1, 0.15) is 5.54 Å². The molecule has 2 aromatic rings. The first-order chi connectivity index (χ1) is 13.9. The first kappa shape index (κ1) is 21.8. The lowest BCUT2D eigenvalue weighted by atomic mass is 9.89. The van der Waals surface area contributed by atoms with Gasteiger partial charge in [0.25, 0.3) is 11.8 Å². The average Bonchev–Trinajstić information content (AvgIpc) is 3.29. The third-order valence-corrected chi connectivity index (χ3v) is 6.01. The van der Waals surface area contributed by atoms with Gasteiger partial charge in [0.15, 0.2) is 0 Å². The predicted molar refractivity (Wildman–Crippen MR) is 115 cm³/mol. The molecule has 0 bridgehead atoms. The number of urea groups is 1. The Hall–Kier alpha value is -2.90. The van der Waals surface area contributed by atoms with Crippen LogP contribution in [0.25, 0.3) is 0 Å². The molecule has 0 radical (unpaired) electrons. The summed E-state index contributed by atoms with van der Waals surface area (Å²) in [6.45, 7) is 3.41. The van der Waals surface area contributed by atoms with E-state index in [1.54, 1.807) is 31.2 Å². The van der Waals surface area contributed by atoms with Crippen molar-refractivity contribution in [3.8, 4) is 0 Å². The number of imide groups is 1. The first-order valence-electron chi connectivity index (χ1n) is 9.71. The van der Waals surface area contributed by atoms with Gasteiger partial charge < -0.3 is 16.0 Å². The highest BCUT2D eigenvalue weighted by molar-refractivity contribution is 6.07. The second kappa shape index (κ2) is 8.45. The number of rotatable bonds is 4. The molecule has 0 spiro atoms. The van der Waals surface area contributed by atoms with E-state index in [2.05, 4.69) is 22.8 Å². The maximum absolute atomic E-state index is 13.1. The maximum Gasteiger partial charge on any atom is 0.322 e. The highest BCUT2D eigenvalue weighted by Crippen LogP contribution is 2.33. The van der Waals surface area contributed by atoms with Crippen molar-refractivity contribution in [2.75, 3.05) is 19.6 Å². The van der Waals surface area contributed by atoms with E-state index in [0.717, 1.165) is 0 Å². The van der Waals surface area contributed by atoms with Crippen molar-refractivity contribution < 1.29 is 14.4 Å². The van der Waals surface area contributed by atoms with Gasteiger partial charge in [0.05, 0.1) is 0 Å². The molecule has 0 saturated carbocycles. The van der Waals surface area contributed by atoms with E-state index < -0.39 is 17.5 Å². The fraction of sp³-hybridized carbons (Fsp3) is 0.318. The predicted octanol–water partition coefficient (Wildman–Crippen LogP) is 1.98. The van der Waals surface area contributed by atoms with Gasteiger partial charge in [0.2, 0.25) is 0 Å². The monoisotopic (exact) mass is 428 g/mol. The highest BCUT2D eigenvalue weighted by atomic mass is 35.5. The van der Waals surface area contributed by atoms with Crippen molar-refractivity contribution in [3.05, 3.63) is 71.3 Å². The molecule has 7 nitrogen and oxygen atoms in total. The Labute approximate surface area is 181 Å². The molecule has 2 saturated heterocycles. The normalized spacial score (nSPS) is 25.5. The summed E-state index contributed by atoms with van der Waals surface area (Å²) < 4.78 is 0. The number of hydrogen-bond donors (Lipinski definition) is 3. The topological polar surface area (TPSA) is 105 Å². The summed E-state index contributed by atoms with van der Waals surface area (Å²) in [6.07, 6.45) is 0. The minimum atomic E-state index is -1.13. The number of likely N-dealkylation sites (tertiary alicyclic amines) is 1. The number of carbonyl (C=O) groups excluding carboxylic acids is 3. The quantitative estimate of drug-likeness (QED) is 0.647. The molecule has 4 rings (SSSR count). The Kier molecular flexibility index (Phi) is 6.14. The van der Waals surface area contributed by atoms with Crippen molar-refractivity contribution in [2.24, 2.45) is 11.7 Å². The molecule has 2 fully saturated rings. The minimum absolute atomic E-state index is 0. The van der Waals surface area contributed by atoms with Crippen LogP contribution in [-0.4, -0.2) is 42.4 Å². The molecule has 0 aromatic heterocycles. The standard InChI is InChI=1S/C22H24N4O3.ClH/c1-22(20(28)24-21(29)25-22)17-9-7-15(8-10-17)19(27)26-12-16(11-23)18(13-26)14-5-3-2-4-6-14;/h2-10,16,18H,11-13,23H2,1H3,(H2,24,25,28,29);1H/t16-,18+,22?;/m1./s1. The molecule has 8 heteroatoms. The highest BCUT2D eigenvalue weighted by Gasteiger charge is 2.43. The molecule has 2 aromatic carbocycles. The smallest absolute Gasteiger partial charge is 0.322 e. The summed E-state index contributed by atoms with van der Waals surface area (Å²) in [5, 5.41) is 4.87. The zero-order valence-electron chi connectivity index (χ0n) is 16.6. The Morgan fingerprint density at radius 2 is 1.77 bits per heavy atom. The van der Waals surface area contributed by atoms with E-state index >= 15 is 0 Å². The van der Waals surface area contributed by atoms with Crippen LogP contribution in [0.4, 0.5) is 4.79 Å². The molecule has 30 heavy (non-hydrogen) atoms. The van der Waals surface area contributed by atoms with Gasteiger partial charge in [-0.25, -0.2) is 4.79 Å². The van der Waals surface area contributed by atoms with Crippen molar-refractivity contribution in [3.63, 3.8) is 0 Å². The number of benzene rings is 2. The van der Waals surface area contributed by atoms with E-state index in [-0.39, 0.29) is 30.2 Å². The molecular weight excluding hydrogens is 404 g/mol. The Bertz CT molecular complexity index is 951. The molecule has 2 aliphatic rings. The summed E-state index contributed by atoms with van der Waals surface area (Å²) in [5.41, 5.74) is 7.22. The third kappa shape index (κ3) is 3.78. The SMILES string of the molecule is CC1(c2ccc(C(=O)N3C[C@@H](CN)[C@H](c4ccccc4)C3)cc2)NC(=O)NC1=O.Cl. The number of hydrogen-bond acceptors (Lipinski definition) is 4. The number of nitrogens with zero attached hydrogens (tertiary/aromatic N) is 1. The van der Waals surface area contributed by atoms with E-state index in [4.69, 9.17) is 5.73 Å². The third-order valence-electron chi connectivity index (χ3n) is 6.01. The van der Waals surface area contributed by atoms with Crippen LogP contribution in [0.3, 0.4) is 0 Å². The number of nitrogens with one attached hydrogen (secondary N) is 2. The van der Waals surface area contributed by atoms with Crippen LogP contribution >= 0.6 is 12.4 Å². The maximum atomic E-state index is 13.1. The fourth-order valence-corrected chi connectivity index (χ4v) is 4.23. The fourth-order valence-electron chi connectivity index (χ4n) is 4.23. The average molecular weight is 429 g/mol. The summed E-state index contributed by atoms with van der Waals surface area (Å²) in [7, 11) is 0. The first-order valence-corrected chi connectivity index (χ1v) is 9.71. The van der Waals surface area contributed by atoms with Crippen molar-refractivity contribution in [1.82, 2.24) is 15.5 Å². The number of amides is 4. The van der Waals surface area contributed by atoms with Gasteiger partial charge in [-0.05, 0) is 42.6 Å². The molecule has 4 amide bonds. The summed E-state index contributed by atoms with van der Waals surface area (Å²) in [6, 6.07) is 16.5. The van der Waals surface area contributed by atoms with Gasteiger partial charge in [0, 0.05) is 24.6 Å². The molecular formula is C22H25ClN4O3. The molecule has 0 aliphatic carbocycles. The Morgan fingerprint density at radius 1 is 1.10 bits per heavy atom. The van der Waals surface area contributed by atoms with Gasteiger partial charge in [-0.2, -0.15) is 0 Å². The Morgan fingerprint density at radius 3 is 2.33 bits per heavy atom. The van der Waals surface area contributed by atoms with Crippen LogP contribution < -0.4 is 16.4 Å². The van der Waals surface area contributed by atoms with Crippen molar-refractivity contribution >= 4 is 30.3 Å². The molecule has 1 unspecified atom stereocenters. The van der Waals surface area contributed by atoms with E-state index in [1.807, 2.05) is 23.1 Å². The number of carbonyl (C=O) groups is 3. The molecule has 158 valence electrons. The van der Waals surface area contributed by atoms with Gasteiger partial charge in [-0.3, -0.25) is 14.9 Å². The van der Waals surface area contributed by atoms with E-state index in [9.17, 15) is 14.4 Å². The van der Waals surface area contributed by atoms with E-state index in [0.29, 0.717) is 30.8 Å². The number of nitrogens with two attached hydrogens (primary N) is 1. The van der Waals surface area contributed by atoms with Crippen LogP contribution in [0.1, 0.15) is 34.3 Å². The van der Waals surface area contributed by atoms with Crippen LogP contribution in [0.2, 0.25) is 0 Å². The van der Waals surface area contributed by atoms with Crippen LogP contribution in [0.5, 0.6) is 0 Å². The zero-order valence-corrected chi connectivity index (χ0v) is 17.4. The molecule has 3 atom stereocenters. The second-order valence-corrected chi connectivity index (χ2v) is 7.83. The number of halogens is 1. The Balaban J connectivity index is 0.00000256. The molecule has 2 heterocycles. The minimum Gasteiger partial charge on any atom is -0.338 e. The van der Waals surface area contributed by atoms with Crippen molar-refractivity contribution in [1.29, 1.82) is 0 Å². The summed E-state index contributed by atoms with van der Waals surface area (Å²) >= 11 is 0. The van der Waals surface area contributed by atoms with E-state index in [1.165, 1.54) is 5.56 Å². The summed E-state index contributed by atoms with van der Waals surface area (Å²) in [5.74, 6) is -0.0197. The van der Waals surface area contributed by atoms with Gasteiger partial charge >= 0.3 is 6.03 Å².